The number of halogens is 1. The van der Waals surface area contributed by atoms with E-state index in [1.807, 2.05) is 24.3 Å². The van der Waals surface area contributed by atoms with Crippen LogP contribution in [0.3, 0.4) is 0 Å². The first kappa shape index (κ1) is 20.0. The standard InChI is InChI=1S/C14H22N4O3S.HI/c1-21-13-4-2-3-12(11-13)17-14(15)16-5-6-18-7-9-22(19,20)10-8-18;/h2-4,11H,5-10H2,1H3,(H3,15,16,17);1H. The van der Waals surface area contributed by atoms with Gasteiger partial charge in [0.2, 0.25) is 0 Å². The first-order chi connectivity index (χ1) is 10.5. The normalized spacial score (nSPS) is 18.0. The SMILES string of the molecule is COc1cccc(NC(N)=NCCN2CCS(=O)(=O)CC2)c1.I. The van der Waals surface area contributed by atoms with Gasteiger partial charge in [-0.25, -0.2) is 8.42 Å². The summed E-state index contributed by atoms with van der Waals surface area (Å²) in [6.45, 7) is 2.38. The van der Waals surface area contributed by atoms with E-state index in [9.17, 15) is 8.42 Å². The van der Waals surface area contributed by atoms with Crippen LogP contribution in [0.25, 0.3) is 0 Å². The van der Waals surface area contributed by atoms with Gasteiger partial charge in [-0.05, 0) is 12.1 Å². The number of anilines is 1. The smallest absolute Gasteiger partial charge is 0.193 e. The zero-order chi connectivity index (χ0) is 16.0. The van der Waals surface area contributed by atoms with Crippen LogP contribution >= 0.6 is 24.0 Å². The van der Waals surface area contributed by atoms with E-state index in [4.69, 9.17) is 10.5 Å². The molecule has 1 aromatic carbocycles. The molecule has 130 valence electrons. The van der Waals surface area contributed by atoms with Crippen LogP contribution < -0.4 is 15.8 Å². The van der Waals surface area contributed by atoms with Crippen LogP contribution in [-0.2, 0) is 9.84 Å². The molecule has 1 fully saturated rings. The van der Waals surface area contributed by atoms with Crippen LogP contribution in [0, 0.1) is 0 Å². The molecule has 7 nitrogen and oxygen atoms in total. The first-order valence-electron chi connectivity index (χ1n) is 7.12. The van der Waals surface area contributed by atoms with Crippen molar-refractivity contribution in [3.05, 3.63) is 24.3 Å². The van der Waals surface area contributed by atoms with E-state index in [0.29, 0.717) is 32.1 Å². The van der Waals surface area contributed by atoms with Gasteiger partial charge < -0.3 is 15.8 Å². The summed E-state index contributed by atoms with van der Waals surface area (Å²) in [5.41, 5.74) is 6.65. The molecule has 0 unspecified atom stereocenters. The summed E-state index contributed by atoms with van der Waals surface area (Å²) in [7, 11) is -1.22. The predicted octanol–water partition coefficient (Wildman–Crippen LogP) is 0.770. The summed E-state index contributed by atoms with van der Waals surface area (Å²) in [6, 6.07) is 7.42. The average molecular weight is 454 g/mol. The third-order valence-corrected chi connectivity index (χ3v) is 5.09. The molecule has 1 saturated heterocycles. The Bertz CT molecular complexity index is 623. The molecular formula is C14H23IN4O3S. The quantitative estimate of drug-likeness (QED) is 0.388. The minimum Gasteiger partial charge on any atom is -0.497 e. The lowest BCUT2D eigenvalue weighted by atomic mass is 10.3. The van der Waals surface area contributed by atoms with E-state index in [0.717, 1.165) is 11.4 Å². The highest BCUT2D eigenvalue weighted by Crippen LogP contribution is 2.16. The van der Waals surface area contributed by atoms with Gasteiger partial charge in [-0.1, -0.05) is 6.07 Å². The van der Waals surface area contributed by atoms with Crippen LogP contribution in [0.4, 0.5) is 5.69 Å². The second-order valence-corrected chi connectivity index (χ2v) is 7.42. The van der Waals surface area contributed by atoms with Crippen molar-refractivity contribution in [1.82, 2.24) is 4.90 Å². The lowest BCUT2D eigenvalue weighted by Crippen LogP contribution is -2.41. The van der Waals surface area contributed by atoms with Crippen molar-refractivity contribution >= 4 is 45.5 Å². The van der Waals surface area contributed by atoms with Crippen molar-refractivity contribution < 1.29 is 13.2 Å². The maximum absolute atomic E-state index is 11.3. The molecule has 0 bridgehead atoms. The lowest BCUT2D eigenvalue weighted by molar-refractivity contribution is 0.304. The molecule has 1 aliphatic rings. The number of nitrogens with one attached hydrogen (secondary N) is 1. The van der Waals surface area contributed by atoms with Crippen LogP contribution in [0.5, 0.6) is 5.75 Å². The average Bonchev–Trinajstić information content (AvgIpc) is 2.49. The Balaban J connectivity index is 0.00000264. The van der Waals surface area contributed by atoms with E-state index < -0.39 is 9.84 Å². The second-order valence-electron chi connectivity index (χ2n) is 5.12. The van der Waals surface area contributed by atoms with Gasteiger partial charge in [0.15, 0.2) is 15.8 Å². The number of hydrogen-bond acceptors (Lipinski definition) is 5. The van der Waals surface area contributed by atoms with E-state index in [2.05, 4.69) is 15.2 Å². The molecule has 2 rings (SSSR count). The van der Waals surface area contributed by atoms with Crippen molar-refractivity contribution in [3.8, 4) is 5.75 Å². The van der Waals surface area contributed by atoms with E-state index in [1.165, 1.54) is 0 Å². The zero-order valence-corrected chi connectivity index (χ0v) is 16.2. The summed E-state index contributed by atoms with van der Waals surface area (Å²) in [5, 5.41) is 3.00. The van der Waals surface area contributed by atoms with Gasteiger partial charge in [0.25, 0.3) is 0 Å². The maximum atomic E-state index is 11.3. The summed E-state index contributed by atoms with van der Waals surface area (Å²) in [6.07, 6.45) is 0. The van der Waals surface area contributed by atoms with Crippen molar-refractivity contribution in [1.29, 1.82) is 0 Å². The Labute approximate surface area is 154 Å². The monoisotopic (exact) mass is 454 g/mol. The molecule has 1 aromatic rings. The van der Waals surface area contributed by atoms with E-state index >= 15 is 0 Å². The fourth-order valence-electron chi connectivity index (χ4n) is 2.17. The van der Waals surface area contributed by atoms with E-state index in [1.54, 1.807) is 7.11 Å². The number of guanidine groups is 1. The number of sulfone groups is 1. The Morgan fingerprint density at radius 3 is 2.74 bits per heavy atom. The molecule has 0 amide bonds. The fraction of sp³-hybridized carbons (Fsp3) is 0.500. The molecule has 0 radical (unpaired) electrons. The van der Waals surface area contributed by atoms with Crippen molar-refractivity contribution in [2.45, 2.75) is 0 Å². The van der Waals surface area contributed by atoms with Crippen LogP contribution in [-0.4, -0.2) is 64.1 Å². The van der Waals surface area contributed by atoms with Gasteiger partial charge in [-0.2, -0.15) is 0 Å². The number of nitrogens with two attached hydrogens (primary N) is 1. The van der Waals surface area contributed by atoms with Gasteiger partial charge in [-0.3, -0.25) is 9.89 Å². The van der Waals surface area contributed by atoms with Crippen molar-refractivity contribution in [3.63, 3.8) is 0 Å². The molecule has 9 heteroatoms. The molecule has 0 aliphatic carbocycles. The van der Waals surface area contributed by atoms with Gasteiger partial charge in [-0.15, -0.1) is 24.0 Å². The fourth-order valence-corrected chi connectivity index (χ4v) is 3.45. The summed E-state index contributed by atoms with van der Waals surface area (Å²) >= 11 is 0. The highest BCUT2D eigenvalue weighted by molar-refractivity contribution is 14.0. The van der Waals surface area contributed by atoms with Gasteiger partial charge >= 0.3 is 0 Å². The van der Waals surface area contributed by atoms with Crippen LogP contribution in [0.1, 0.15) is 0 Å². The number of benzene rings is 1. The largest absolute Gasteiger partial charge is 0.497 e. The number of rotatable bonds is 5. The lowest BCUT2D eigenvalue weighted by Gasteiger charge is -2.25. The van der Waals surface area contributed by atoms with Crippen LogP contribution in [0.15, 0.2) is 29.3 Å². The molecular weight excluding hydrogens is 431 g/mol. The van der Waals surface area contributed by atoms with Crippen LogP contribution in [0.2, 0.25) is 0 Å². The van der Waals surface area contributed by atoms with E-state index in [-0.39, 0.29) is 35.5 Å². The zero-order valence-electron chi connectivity index (χ0n) is 13.1. The first-order valence-corrected chi connectivity index (χ1v) is 8.94. The Morgan fingerprint density at radius 2 is 2.09 bits per heavy atom. The summed E-state index contributed by atoms with van der Waals surface area (Å²) in [5.74, 6) is 1.54. The molecule has 0 saturated carbocycles. The number of aliphatic imine (C=N–C) groups is 1. The summed E-state index contributed by atoms with van der Waals surface area (Å²) < 4.78 is 27.8. The molecule has 1 aliphatic heterocycles. The Hall–Kier alpha value is -1.07. The number of nitrogens with zero attached hydrogens (tertiary/aromatic N) is 2. The highest BCUT2D eigenvalue weighted by atomic mass is 127. The third-order valence-electron chi connectivity index (χ3n) is 3.48. The second kappa shape index (κ2) is 9.28. The number of ether oxygens (including phenoxy) is 1. The molecule has 0 spiro atoms. The predicted molar refractivity (Wildman–Crippen MR) is 104 cm³/mol. The molecule has 23 heavy (non-hydrogen) atoms. The topological polar surface area (TPSA) is 97.0 Å². The molecule has 3 N–H and O–H groups in total. The summed E-state index contributed by atoms with van der Waals surface area (Å²) in [4.78, 5) is 6.34. The molecule has 0 aromatic heterocycles. The number of hydrogen-bond donors (Lipinski definition) is 2. The van der Waals surface area contributed by atoms with Crippen molar-refractivity contribution in [2.24, 2.45) is 10.7 Å². The maximum Gasteiger partial charge on any atom is 0.193 e. The van der Waals surface area contributed by atoms with Gasteiger partial charge in [0.1, 0.15) is 5.75 Å². The molecule has 0 atom stereocenters. The Kier molecular flexibility index (Phi) is 8.06. The van der Waals surface area contributed by atoms with Gasteiger partial charge in [0, 0.05) is 31.4 Å². The molecule has 1 heterocycles. The third kappa shape index (κ3) is 6.92. The number of methoxy groups -OCH3 is 1. The Morgan fingerprint density at radius 1 is 1.39 bits per heavy atom. The van der Waals surface area contributed by atoms with Crippen molar-refractivity contribution in [2.75, 3.05) is 50.1 Å². The minimum atomic E-state index is -2.83. The minimum absolute atomic E-state index is 0. The van der Waals surface area contributed by atoms with Gasteiger partial charge in [0.05, 0.1) is 25.2 Å². The highest BCUT2D eigenvalue weighted by Gasteiger charge is 2.20.